The third kappa shape index (κ3) is 2.74. The summed E-state index contributed by atoms with van der Waals surface area (Å²) in [5, 5.41) is 0.408. The van der Waals surface area contributed by atoms with Gasteiger partial charge in [0, 0.05) is 6.20 Å². The van der Waals surface area contributed by atoms with Gasteiger partial charge in [-0.3, -0.25) is 0 Å². The van der Waals surface area contributed by atoms with E-state index in [9.17, 15) is 0 Å². The molecule has 0 spiro atoms. The number of ether oxygens (including phenoxy) is 1. The van der Waals surface area contributed by atoms with Crippen LogP contribution in [0.5, 0.6) is 5.75 Å². The van der Waals surface area contributed by atoms with Crippen LogP contribution in [0.15, 0.2) is 47.1 Å². The lowest BCUT2D eigenvalue weighted by atomic mass is 10.2. The highest BCUT2D eigenvalue weighted by Crippen LogP contribution is 2.30. The average Bonchev–Trinajstić information content (AvgIpc) is 2.32. The van der Waals surface area contributed by atoms with Gasteiger partial charge in [-0.2, -0.15) is 0 Å². The number of halogens is 2. The van der Waals surface area contributed by atoms with Gasteiger partial charge in [-0.1, -0.05) is 41.9 Å². The molecule has 0 saturated heterocycles. The molecule has 0 atom stereocenters. The van der Waals surface area contributed by atoms with Crippen molar-refractivity contribution >= 4 is 27.5 Å². The Morgan fingerprint density at radius 2 is 1.94 bits per heavy atom. The summed E-state index contributed by atoms with van der Waals surface area (Å²) in [6, 6.07) is 11.7. The van der Waals surface area contributed by atoms with E-state index >= 15 is 0 Å². The lowest BCUT2D eigenvalue weighted by molar-refractivity contribution is 0.304. The van der Waals surface area contributed by atoms with E-state index < -0.39 is 0 Å². The maximum atomic E-state index is 5.86. The first-order chi connectivity index (χ1) is 7.77. The molecule has 1 heterocycles. The van der Waals surface area contributed by atoms with E-state index in [2.05, 4.69) is 20.9 Å². The van der Waals surface area contributed by atoms with Crippen LogP contribution >= 0.6 is 27.5 Å². The van der Waals surface area contributed by atoms with Gasteiger partial charge in [0.1, 0.15) is 17.5 Å². The molecule has 0 fully saturated rings. The zero-order valence-corrected chi connectivity index (χ0v) is 10.7. The molecule has 4 heteroatoms. The van der Waals surface area contributed by atoms with Crippen molar-refractivity contribution in [2.75, 3.05) is 0 Å². The summed E-state index contributed by atoms with van der Waals surface area (Å²) in [5.41, 5.74) is 1.11. The molecule has 2 nitrogen and oxygen atoms in total. The summed E-state index contributed by atoms with van der Waals surface area (Å²) in [5.74, 6) is 0.698. The van der Waals surface area contributed by atoms with Gasteiger partial charge in [0.25, 0.3) is 0 Å². The molecule has 0 aliphatic rings. The monoisotopic (exact) mass is 297 g/mol. The van der Waals surface area contributed by atoms with Crippen molar-refractivity contribution in [1.82, 2.24) is 4.98 Å². The maximum Gasteiger partial charge on any atom is 0.146 e. The normalized spacial score (nSPS) is 10.1. The molecule has 1 aromatic heterocycles. The van der Waals surface area contributed by atoms with Crippen LogP contribution in [0.1, 0.15) is 5.56 Å². The van der Waals surface area contributed by atoms with Crippen LogP contribution in [0, 0.1) is 0 Å². The molecule has 0 aliphatic carbocycles. The topological polar surface area (TPSA) is 22.1 Å². The molecule has 2 rings (SSSR count). The largest absolute Gasteiger partial charge is 0.488 e. The molecular weight excluding hydrogens is 289 g/mol. The van der Waals surface area contributed by atoms with Crippen molar-refractivity contribution in [2.45, 2.75) is 6.61 Å². The van der Waals surface area contributed by atoms with Crippen LogP contribution in [0.4, 0.5) is 0 Å². The predicted octanol–water partition coefficient (Wildman–Crippen LogP) is 4.08. The second-order valence-electron chi connectivity index (χ2n) is 3.19. The third-order valence-corrected chi connectivity index (χ3v) is 3.33. The van der Waals surface area contributed by atoms with E-state index in [1.165, 1.54) is 0 Å². The van der Waals surface area contributed by atoms with Crippen LogP contribution in [-0.4, -0.2) is 4.98 Å². The molecule has 0 saturated carbocycles. The Kier molecular flexibility index (Phi) is 3.80. The zero-order chi connectivity index (χ0) is 11.4. The van der Waals surface area contributed by atoms with Crippen LogP contribution in [0.3, 0.4) is 0 Å². The summed E-state index contributed by atoms with van der Waals surface area (Å²) in [6.45, 7) is 0.514. The molecule has 0 bridgehead atoms. The Morgan fingerprint density at radius 3 is 2.69 bits per heavy atom. The lowest BCUT2D eigenvalue weighted by Crippen LogP contribution is -1.96. The van der Waals surface area contributed by atoms with E-state index in [0.717, 1.165) is 5.56 Å². The van der Waals surface area contributed by atoms with Crippen molar-refractivity contribution < 1.29 is 4.74 Å². The summed E-state index contributed by atoms with van der Waals surface area (Å²) in [6.07, 6.45) is 1.62. The number of aromatic nitrogens is 1. The van der Waals surface area contributed by atoms with Gasteiger partial charge in [-0.15, -0.1) is 0 Å². The van der Waals surface area contributed by atoms with Gasteiger partial charge in [-0.25, -0.2) is 4.98 Å². The molecule has 0 unspecified atom stereocenters. The first-order valence-electron chi connectivity index (χ1n) is 4.74. The van der Waals surface area contributed by atoms with Crippen LogP contribution in [0.2, 0.25) is 5.15 Å². The van der Waals surface area contributed by atoms with E-state index in [4.69, 9.17) is 16.3 Å². The standard InChI is InChI=1S/C12H9BrClNO/c13-11-10(6-7-15-12(11)14)16-8-9-4-2-1-3-5-9/h1-7H,8H2. The Morgan fingerprint density at radius 1 is 1.19 bits per heavy atom. The second kappa shape index (κ2) is 5.32. The summed E-state index contributed by atoms with van der Waals surface area (Å²) < 4.78 is 6.32. The summed E-state index contributed by atoms with van der Waals surface area (Å²) in [7, 11) is 0. The number of pyridine rings is 1. The molecule has 0 radical (unpaired) electrons. The molecule has 16 heavy (non-hydrogen) atoms. The van der Waals surface area contributed by atoms with Crippen molar-refractivity contribution in [1.29, 1.82) is 0 Å². The predicted molar refractivity (Wildman–Crippen MR) is 67.7 cm³/mol. The fourth-order valence-electron chi connectivity index (χ4n) is 1.25. The molecular formula is C12H9BrClNO. The van der Waals surface area contributed by atoms with E-state index in [1.807, 2.05) is 30.3 Å². The van der Waals surface area contributed by atoms with Crippen LogP contribution < -0.4 is 4.74 Å². The minimum absolute atomic E-state index is 0.408. The molecule has 0 amide bonds. The highest BCUT2D eigenvalue weighted by molar-refractivity contribution is 9.10. The minimum Gasteiger partial charge on any atom is -0.488 e. The molecule has 1 aromatic carbocycles. The van der Waals surface area contributed by atoms with E-state index in [1.54, 1.807) is 12.3 Å². The zero-order valence-electron chi connectivity index (χ0n) is 8.36. The number of rotatable bonds is 3. The molecule has 82 valence electrons. The number of nitrogens with zero attached hydrogens (tertiary/aromatic N) is 1. The van der Waals surface area contributed by atoms with Crippen molar-refractivity contribution in [3.63, 3.8) is 0 Å². The van der Waals surface area contributed by atoms with Crippen molar-refractivity contribution in [3.8, 4) is 5.75 Å². The van der Waals surface area contributed by atoms with E-state index in [-0.39, 0.29) is 0 Å². The quantitative estimate of drug-likeness (QED) is 0.797. The van der Waals surface area contributed by atoms with Gasteiger partial charge in [0.2, 0.25) is 0 Å². The Labute approximate surface area is 107 Å². The summed E-state index contributed by atoms with van der Waals surface area (Å²) >= 11 is 9.19. The third-order valence-electron chi connectivity index (χ3n) is 2.05. The van der Waals surface area contributed by atoms with Crippen LogP contribution in [0.25, 0.3) is 0 Å². The summed E-state index contributed by atoms with van der Waals surface area (Å²) in [4.78, 5) is 3.93. The average molecular weight is 299 g/mol. The molecule has 0 N–H and O–H groups in total. The highest BCUT2D eigenvalue weighted by atomic mass is 79.9. The molecule has 2 aromatic rings. The Balaban J connectivity index is 2.08. The second-order valence-corrected chi connectivity index (χ2v) is 4.34. The van der Waals surface area contributed by atoms with Crippen LogP contribution in [-0.2, 0) is 6.61 Å². The number of benzene rings is 1. The first-order valence-corrected chi connectivity index (χ1v) is 5.91. The van der Waals surface area contributed by atoms with Gasteiger partial charge in [-0.05, 0) is 27.6 Å². The highest BCUT2D eigenvalue weighted by Gasteiger charge is 2.05. The number of hydrogen-bond acceptors (Lipinski definition) is 2. The van der Waals surface area contributed by atoms with Gasteiger partial charge >= 0.3 is 0 Å². The first kappa shape index (κ1) is 11.4. The van der Waals surface area contributed by atoms with Gasteiger partial charge < -0.3 is 4.74 Å². The van der Waals surface area contributed by atoms with E-state index in [0.29, 0.717) is 22.0 Å². The van der Waals surface area contributed by atoms with Gasteiger partial charge in [0.15, 0.2) is 0 Å². The maximum absolute atomic E-state index is 5.86. The van der Waals surface area contributed by atoms with Crippen molar-refractivity contribution in [3.05, 3.63) is 57.8 Å². The fraction of sp³-hybridized carbons (Fsp3) is 0.0833. The smallest absolute Gasteiger partial charge is 0.146 e. The Hall–Kier alpha value is -1.06. The fourth-order valence-corrected chi connectivity index (χ4v) is 1.75. The van der Waals surface area contributed by atoms with Crippen molar-refractivity contribution in [2.24, 2.45) is 0 Å². The minimum atomic E-state index is 0.408. The number of hydrogen-bond donors (Lipinski definition) is 0. The molecule has 0 aliphatic heterocycles. The van der Waals surface area contributed by atoms with Gasteiger partial charge in [0.05, 0.1) is 4.47 Å². The Bertz CT molecular complexity index is 476. The SMILES string of the molecule is Clc1nccc(OCc2ccccc2)c1Br. The lowest BCUT2D eigenvalue weighted by Gasteiger charge is -2.08.